The Balaban J connectivity index is 3.07. The zero-order valence-electron chi connectivity index (χ0n) is 11.1. The number of carbonyl (C=O) groups excluding carboxylic acids is 1. The zero-order chi connectivity index (χ0) is 13.6. The summed E-state index contributed by atoms with van der Waals surface area (Å²) in [4.78, 5) is 12.1. The van der Waals surface area contributed by atoms with Crippen LogP contribution in [0.15, 0.2) is 24.3 Å². The molecule has 1 aromatic rings. The topological polar surface area (TPSA) is 38.3 Å². The molecule has 0 radical (unpaired) electrons. The van der Waals surface area contributed by atoms with Gasteiger partial charge in [-0.1, -0.05) is 35.7 Å². The number of carbonyl (C=O) groups is 1. The van der Waals surface area contributed by atoms with E-state index in [-0.39, 0.29) is 5.97 Å². The smallest absolute Gasteiger partial charge is 0.330 e. The van der Waals surface area contributed by atoms with Gasteiger partial charge in [0.25, 0.3) is 0 Å². The van der Waals surface area contributed by atoms with Gasteiger partial charge in [0, 0.05) is 0 Å². The molecule has 96 valence electrons. The Bertz CT molecular complexity index is 445. The van der Waals surface area contributed by atoms with Crippen LogP contribution in [0.2, 0.25) is 0 Å². The van der Waals surface area contributed by atoms with E-state index in [4.69, 9.17) is 11.2 Å². The molecule has 0 amide bonds. The van der Waals surface area contributed by atoms with Crippen molar-refractivity contribution in [3.8, 4) is 12.3 Å². The van der Waals surface area contributed by atoms with E-state index in [1.807, 2.05) is 31.2 Å². The van der Waals surface area contributed by atoms with Gasteiger partial charge in [-0.15, -0.1) is 6.42 Å². The van der Waals surface area contributed by atoms with Gasteiger partial charge in [-0.05, 0) is 26.3 Å². The lowest BCUT2D eigenvalue weighted by atomic mass is 9.91. The molecule has 0 saturated carbocycles. The average Bonchev–Trinajstić information content (AvgIpc) is 2.37. The summed E-state index contributed by atoms with van der Waals surface area (Å²) in [6.45, 7) is 6.23. The minimum absolute atomic E-state index is 0.309. The van der Waals surface area contributed by atoms with Gasteiger partial charge >= 0.3 is 5.97 Å². The fraction of sp³-hybridized carbons (Fsp3) is 0.400. The van der Waals surface area contributed by atoms with Crippen molar-refractivity contribution in [2.75, 3.05) is 13.2 Å². The molecule has 0 fully saturated rings. The molecule has 18 heavy (non-hydrogen) atoms. The number of ether oxygens (including phenoxy) is 1. The van der Waals surface area contributed by atoms with Crippen molar-refractivity contribution in [3.05, 3.63) is 35.4 Å². The van der Waals surface area contributed by atoms with Crippen molar-refractivity contribution in [3.63, 3.8) is 0 Å². The van der Waals surface area contributed by atoms with Crippen LogP contribution < -0.4 is 5.32 Å². The Kier molecular flexibility index (Phi) is 4.94. The summed E-state index contributed by atoms with van der Waals surface area (Å²) in [6, 6.07) is 7.75. The fourth-order valence-corrected chi connectivity index (χ4v) is 1.68. The highest BCUT2D eigenvalue weighted by Crippen LogP contribution is 2.22. The Morgan fingerprint density at radius 3 is 2.56 bits per heavy atom. The maximum atomic E-state index is 12.1. The van der Waals surface area contributed by atoms with E-state index in [0.717, 1.165) is 11.1 Å². The third kappa shape index (κ3) is 3.12. The van der Waals surface area contributed by atoms with Gasteiger partial charge in [0.1, 0.15) is 5.54 Å². The lowest BCUT2D eigenvalue weighted by Gasteiger charge is -2.28. The van der Waals surface area contributed by atoms with Crippen molar-refractivity contribution in [1.29, 1.82) is 0 Å². The molecule has 0 aliphatic rings. The summed E-state index contributed by atoms with van der Waals surface area (Å²) >= 11 is 0. The monoisotopic (exact) mass is 245 g/mol. The van der Waals surface area contributed by atoms with E-state index in [1.165, 1.54) is 0 Å². The van der Waals surface area contributed by atoms with Crippen molar-refractivity contribution in [1.82, 2.24) is 5.32 Å². The second-order valence-corrected chi connectivity index (χ2v) is 4.27. The van der Waals surface area contributed by atoms with Crippen LogP contribution in [0.25, 0.3) is 0 Å². The van der Waals surface area contributed by atoms with Gasteiger partial charge < -0.3 is 4.74 Å². The molecule has 1 aromatic carbocycles. The van der Waals surface area contributed by atoms with Crippen LogP contribution in [0.5, 0.6) is 0 Å². The first-order valence-electron chi connectivity index (χ1n) is 5.97. The van der Waals surface area contributed by atoms with Gasteiger partial charge in [-0.2, -0.15) is 0 Å². The van der Waals surface area contributed by atoms with E-state index < -0.39 is 5.54 Å². The van der Waals surface area contributed by atoms with Crippen molar-refractivity contribution >= 4 is 5.97 Å². The molecule has 0 aromatic heterocycles. The summed E-state index contributed by atoms with van der Waals surface area (Å²) in [7, 11) is 0. The maximum absolute atomic E-state index is 12.1. The predicted octanol–water partition coefficient (Wildman–Crippen LogP) is 2.00. The Labute approximate surface area is 109 Å². The number of nitrogens with one attached hydrogen (secondary N) is 1. The van der Waals surface area contributed by atoms with Crippen LogP contribution in [-0.4, -0.2) is 19.1 Å². The second-order valence-electron chi connectivity index (χ2n) is 4.27. The number of hydrogen-bond donors (Lipinski definition) is 1. The molecule has 3 heteroatoms. The summed E-state index contributed by atoms with van der Waals surface area (Å²) < 4.78 is 5.12. The lowest BCUT2D eigenvalue weighted by Crippen LogP contribution is -2.47. The lowest BCUT2D eigenvalue weighted by molar-refractivity contribution is -0.150. The van der Waals surface area contributed by atoms with E-state index in [0.29, 0.717) is 13.2 Å². The van der Waals surface area contributed by atoms with Crippen LogP contribution >= 0.6 is 0 Å². The largest absolute Gasteiger partial charge is 0.464 e. The highest BCUT2D eigenvalue weighted by atomic mass is 16.5. The Morgan fingerprint density at radius 2 is 2.06 bits per heavy atom. The van der Waals surface area contributed by atoms with Crippen molar-refractivity contribution in [2.45, 2.75) is 26.3 Å². The summed E-state index contributed by atoms with van der Waals surface area (Å²) in [5.41, 5.74) is 1.08. The number of terminal acetylenes is 1. The van der Waals surface area contributed by atoms with Crippen LogP contribution in [-0.2, 0) is 15.1 Å². The molecule has 0 spiro atoms. The van der Waals surface area contributed by atoms with E-state index in [9.17, 15) is 4.79 Å². The number of aryl methyl sites for hydroxylation is 1. The molecule has 1 rings (SSSR count). The third-order valence-electron chi connectivity index (χ3n) is 2.86. The minimum atomic E-state index is -0.907. The molecular weight excluding hydrogens is 226 g/mol. The highest BCUT2D eigenvalue weighted by molar-refractivity contribution is 5.82. The minimum Gasteiger partial charge on any atom is -0.464 e. The molecule has 3 nitrogen and oxygen atoms in total. The molecule has 0 bridgehead atoms. The number of hydrogen-bond acceptors (Lipinski definition) is 3. The average molecular weight is 245 g/mol. The number of rotatable bonds is 5. The van der Waals surface area contributed by atoms with Crippen LogP contribution in [0.3, 0.4) is 0 Å². The molecule has 0 aliphatic heterocycles. The van der Waals surface area contributed by atoms with Crippen LogP contribution in [0.4, 0.5) is 0 Å². The van der Waals surface area contributed by atoms with Gasteiger partial charge in [0.05, 0.1) is 13.2 Å². The van der Waals surface area contributed by atoms with E-state index >= 15 is 0 Å². The van der Waals surface area contributed by atoms with Gasteiger partial charge in [-0.3, -0.25) is 5.32 Å². The molecule has 1 unspecified atom stereocenters. The normalized spacial score (nSPS) is 13.4. The Hall–Kier alpha value is -1.79. The molecule has 0 aliphatic carbocycles. The van der Waals surface area contributed by atoms with E-state index in [1.54, 1.807) is 13.8 Å². The first kappa shape index (κ1) is 14.3. The first-order chi connectivity index (χ1) is 8.54. The van der Waals surface area contributed by atoms with Crippen LogP contribution in [0, 0.1) is 19.3 Å². The second kappa shape index (κ2) is 6.23. The summed E-state index contributed by atoms with van der Waals surface area (Å²) in [6.07, 6.45) is 5.25. The standard InChI is InChI=1S/C15H19NO2/c1-5-11-16-15(4,14(17)18-6-2)13-9-7-12(3)8-10-13/h1,7-10,16H,6,11H2,2-4H3. The number of benzene rings is 1. The molecule has 0 saturated heterocycles. The fourth-order valence-electron chi connectivity index (χ4n) is 1.68. The predicted molar refractivity (Wildman–Crippen MR) is 72.0 cm³/mol. The van der Waals surface area contributed by atoms with Crippen molar-refractivity contribution in [2.24, 2.45) is 0 Å². The number of esters is 1. The van der Waals surface area contributed by atoms with Crippen LogP contribution in [0.1, 0.15) is 25.0 Å². The maximum Gasteiger partial charge on any atom is 0.330 e. The molecule has 0 heterocycles. The highest BCUT2D eigenvalue weighted by Gasteiger charge is 2.35. The van der Waals surface area contributed by atoms with Gasteiger partial charge in [-0.25, -0.2) is 4.79 Å². The van der Waals surface area contributed by atoms with Crippen molar-refractivity contribution < 1.29 is 9.53 Å². The third-order valence-corrected chi connectivity index (χ3v) is 2.86. The molecular formula is C15H19NO2. The first-order valence-corrected chi connectivity index (χ1v) is 5.97. The summed E-state index contributed by atoms with van der Waals surface area (Å²) in [5.74, 6) is 2.17. The SMILES string of the molecule is C#CCNC(C)(C(=O)OCC)c1ccc(C)cc1. The summed E-state index contributed by atoms with van der Waals surface area (Å²) in [5, 5.41) is 3.06. The van der Waals surface area contributed by atoms with Gasteiger partial charge in [0.15, 0.2) is 0 Å². The quantitative estimate of drug-likeness (QED) is 0.637. The van der Waals surface area contributed by atoms with Gasteiger partial charge in [0.2, 0.25) is 0 Å². The van der Waals surface area contributed by atoms with E-state index in [2.05, 4.69) is 11.2 Å². The zero-order valence-corrected chi connectivity index (χ0v) is 11.1. The molecule has 1 atom stereocenters. The molecule has 1 N–H and O–H groups in total. The Morgan fingerprint density at radius 1 is 1.44 bits per heavy atom.